The average Bonchev–Trinajstić information content (AvgIpc) is 2.30. The van der Waals surface area contributed by atoms with Crippen LogP contribution in [-0.4, -0.2) is 9.97 Å². The Bertz CT molecular complexity index is 466. The lowest BCUT2D eigenvalue weighted by atomic mass is 9.95. The van der Waals surface area contributed by atoms with Gasteiger partial charge in [0.2, 0.25) is 5.28 Å². The maximum atomic E-state index is 8.97. The third-order valence-corrected chi connectivity index (χ3v) is 2.43. The zero-order valence-electron chi connectivity index (χ0n) is 7.94. The maximum Gasteiger partial charge on any atom is 0.222 e. The second kappa shape index (κ2) is 4.24. The molecule has 3 nitrogen and oxygen atoms in total. The highest BCUT2D eigenvalue weighted by Gasteiger charge is 2.10. The van der Waals surface area contributed by atoms with Gasteiger partial charge < -0.3 is 0 Å². The quantitative estimate of drug-likeness (QED) is 0.680. The molecule has 0 bridgehead atoms. The first-order valence-corrected chi connectivity index (χ1v) is 4.97. The van der Waals surface area contributed by atoms with Crippen LogP contribution in [0, 0.1) is 11.3 Å². The molecule has 0 aliphatic heterocycles. The van der Waals surface area contributed by atoms with Crippen molar-refractivity contribution in [3.8, 4) is 6.07 Å². The third-order valence-electron chi connectivity index (χ3n) is 2.24. The summed E-state index contributed by atoms with van der Waals surface area (Å²) in [6.07, 6.45) is 8.96. The molecule has 0 unspecified atom stereocenters. The molecule has 1 aromatic rings. The number of halogens is 1. The van der Waals surface area contributed by atoms with Gasteiger partial charge in [0, 0.05) is 23.5 Å². The number of nitrogens with zero attached hydrogens (tertiary/aromatic N) is 3. The fraction of sp³-hybridized carbons (Fsp3) is 0.182. The Hall–Kier alpha value is -1.66. The zero-order valence-corrected chi connectivity index (χ0v) is 8.70. The highest BCUT2D eigenvalue weighted by Crippen LogP contribution is 2.26. The summed E-state index contributed by atoms with van der Waals surface area (Å²) in [5, 5.41) is 9.19. The van der Waals surface area contributed by atoms with Crippen LogP contribution in [0.3, 0.4) is 0 Å². The molecule has 0 fully saturated rings. The van der Waals surface area contributed by atoms with Gasteiger partial charge in [-0.05, 0) is 30.0 Å². The van der Waals surface area contributed by atoms with Gasteiger partial charge in [-0.25, -0.2) is 9.97 Å². The second-order valence-corrected chi connectivity index (χ2v) is 3.52. The van der Waals surface area contributed by atoms with Crippen LogP contribution in [0.1, 0.15) is 18.4 Å². The molecule has 1 heterocycles. The summed E-state index contributed by atoms with van der Waals surface area (Å²) < 4.78 is 0. The lowest BCUT2D eigenvalue weighted by Crippen LogP contribution is -1.94. The summed E-state index contributed by atoms with van der Waals surface area (Å²) in [6, 6.07) is 2.21. The molecule has 0 saturated carbocycles. The number of allylic oxidation sites excluding steroid dienone is 4. The summed E-state index contributed by atoms with van der Waals surface area (Å²) in [7, 11) is 0. The minimum Gasteiger partial charge on any atom is -0.226 e. The highest BCUT2D eigenvalue weighted by molar-refractivity contribution is 6.28. The molecule has 1 aliphatic rings. The van der Waals surface area contributed by atoms with Crippen molar-refractivity contribution in [1.29, 1.82) is 5.26 Å². The standard InChI is InChI=1S/C11H8ClN3/c12-11-14-6-9(7-15-11)10-4-2-1-3-8(10)5-13/h2,4,6-7H,1,3H2. The molecular formula is C11H8ClN3. The van der Waals surface area contributed by atoms with Gasteiger partial charge >= 0.3 is 0 Å². The maximum absolute atomic E-state index is 8.97. The number of aromatic nitrogens is 2. The molecule has 0 radical (unpaired) electrons. The van der Waals surface area contributed by atoms with Crippen molar-refractivity contribution in [2.75, 3.05) is 0 Å². The van der Waals surface area contributed by atoms with Crippen LogP contribution in [0.25, 0.3) is 5.57 Å². The van der Waals surface area contributed by atoms with Crippen LogP contribution in [0.2, 0.25) is 5.28 Å². The number of hydrogen-bond donors (Lipinski definition) is 0. The van der Waals surface area contributed by atoms with Crippen molar-refractivity contribution in [3.63, 3.8) is 0 Å². The van der Waals surface area contributed by atoms with E-state index in [-0.39, 0.29) is 5.28 Å². The van der Waals surface area contributed by atoms with E-state index in [1.807, 2.05) is 12.2 Å². The smallest absolute Gasteiger partial charge is 0.222 e. The molecule has 0 saturated heterocycles. The molecule has 4 heteroatoms. The van der Waals surface area contributed by atoms with Crippen molar-refractivity contribution in [3.05, 3.63) is 41.0 Å². The van der Waals surface area contributed by atoms with Crippen LogP contribution in [-0.2, 0) is 0 Å². The van der Waals surface area contributed by atoms with E-state index in [0.717, 1.165) is 29.6 Å². The predicted molar refractivity (Wildman–Crippen MR) is 57.9 cm³/mol. The molecule has 0 spiro atoms. The lowest BCUT2D eigenvalue weighted by Gasteiger charge is -2.09. The van der Waals surface area contributed by atoms with Crippen molar-refractivity contribution >= 4 is 17.2 Å². The summed E-state index contributed by atoms with van der Waals surface area (Å²) in [4.78, 5) is 7.80. The average molecular weight is 218 g/mol. The van der Waals surface area contributed by atoms with E-state index in [2.05, 4.69) is 16.0 Å². The molecule has 15 heavy (non-hydrogen) atoms. The van der Waals surface area contributed by atoms with E-state index in [4.69, 9.17) is 16.9 Å². The summed E-state index contributed by atoms with van der Waals surface area (Å²) in [5.41, 5.74) is 2.52. The summed E-state index contributed by atoms with van der Waals surface area (Å²) in [6.45, 7) is 0. The number of nitriles is 1. The zero-order chi connectivity index (χ0) is 10.7. The predicted octanol–water partition coefficient (Wildman–Crippen LogP) is 2.76. The molecule has 0 atom stereocenters. The van der Waals surface area contributed by atoms with Crippen molar-refractivity contribution in [2.45, 2.75) is 12.8 Å². The van der Waals surface area contributed by atoms with E-state index in [1.165, 1.54) is 0 Å². The van der Waals surface area contributed by atoms with E-state index in [1.54, 1.807) is 12.4 Å². The Balaban J connectivity index is 2.46. The summed E-state index contributed by atoms with van der Waals surface area (Å²) in [5.74, 6) is 0. The monoisotopic (exact) mass is 217 g/mol. The SMILES string of the molecule is N#CC1=C(c2cnc(Cl)nc2)C=CCC1. The minimum absolute atomic E-state index is 0.220. The van der Waals surface area contributed by atoms with Crippen LogP contribution in [0.4, 0.5) is 0 Å². The number of hydrogen-bond acceptors (Lipinski definition) is 3. The molecule has 74 valence electrons. The van der Waals surface area contributed by atoms with Gasteiger partial charge in [-0.15, -0.1) is 0 Å². The number of rotatable bonds is 1. The van der Waals surface area contributed by atoms with Gasteiger partial charge in [-0.1, -0.05) is 12.2 Å². The molecule has 0 amide bonds. The van der Waals surface area contributed by atoms with E-state index in [9.17, 15) is 0 Å². The first kappa shape index (κ1) is 9.88. The molecule has 2 rings (SSSR count). The van der Waals surface area contributed by atoms with Crippen molar-refractivity contribution in [2.24, 2.45) is 0 Å². The minimum atomic E-state index is 0.220. The fourth-order valence-corrected chi connectivity index (χ4v) is 1.60. The molecule has 0 aromatic carbocycles. The van der Waals surface area contributed by atoms with Gasteiger partial charge in [0.25, 0.3) is 0 Å². The van der Waals surface area contributed by atoms with Crippen molar-refractivity contribution in [1.82, 2.24) is 9.97 Å². The Labute approximate surface area is 92.7 Å². The fourth-order valence-electron chi connectivity index (χ4n) is 1.50. The van der Waals surface area contributed by atoms with Crippen LogP contribution < -0.4 is 0 Å². The summed E-state index contributed by atoms with van der Waals surface area (Å²) >= 11 is 5.60. The highest BCUT2D eigenvalue weighted by atomic mass is 35.5. The molecule has 0 N–H and O–H groups in total. The molecule has 1 aromatic heterocycles. The van der Waals surface area contributed by atoms with Gasteiger partial charge in [0.15, 0.2) is 0 Å². The Morgan fingerprint density at radius 3 is 2.73 bits per heavy atom. The van der Waals surface area contributed by atoms with Gasteiger partial charge in [0.05, 0.1) is 6.07 Å². The van der Waals surface area contributed by atoms with Gasteiger partial charge in [-0.2, -0.15) is 5.26 Å². The molecular weight excluding hydrogens is 210 g/mol. The Kier molecular flexibility index (Phi) is 2.79. The topological polar surface area (TPSA) is 49.6 Å². The van der Waals surface area contributed by atoms with Gasteiger partial charge in [-0.3, -0.25) is 0 Å². The second-order valence-electron chi connectivity index (χ2n) is 3.19. The van der Waals surface area contributed by atoms with Crippen LogP contribution >= 0.6 is 11.6 Å². The Morgan fingerprint density at radius 2 is 2.07 bits per heavy atom. The first-order chi connectivity index (χ1) is 7.31. The van der Waals surface area contributed by atoms with E-state index >= 15 is 0 Å². The van der Waals surface area contributed by atoms with Crippen molar-refractivity contribution < 1.29 is 0 Å². The van der Waals surface area contributed by atoms with Crippen LogP contribution in [0.15, 0.2) is 30.1 Å². The van der Waals surface area contributed by atoms with Gasteiger partial charge in [0.1, 0.15) is 0 Å². The lowest BCUT2D eigenvalue weighted by molar-refractivity contribution is 0.997. The largest absolute Gasteiger partial charge is 0.226 e. The third kappa shape index (κ3) is 2.05. The van der Waals surface area contributed by atoms with E-state index < -0.39 is 0 Å². The first-order valence-electron chi connectivity index (χ1n) is 4.59. The van der Waals surface area contributed by atoms with Crippen LogP contribution in [0.5, 0.6) is 0 Å². The Morgan fingerprint density at radius 1 is 1.33 bits per heavy atom. The normalized spacial score (nSPS) is 15.2. The van der Waals surface area contributed by atoms with E-state index in [0.29, 0.717) is 0 Å². The molecule has 1 aliphatic carbocycles.